The first kappa shape index (κ1) is 14.4. The highest BCUT2D eigenvalue weighted by molar-refractivity contribution is 7.98. The Balaban J connectivity index is 2.82. The van der Waals surface area contributed by atoms with Crippen molar-refractivity contribution in [2.45, 2.75) is 33.2 Å². The molecule has 0 spiro atoms. The van der Waals surface area contributed by atoms with Crippen molar-refractivity contribution in [3.8, 4) is 0 Å². The molecule has 1 N–H and O–H groups in total. The molecule has 0 saturated carbocycles. The number of carbonyl (C=O) groups is 2. The molecule has 0 bridgehead atoms. The van der Waals surface area contributed by atoms with Crippen LogP contribution in [0, 0.1) is 5.41 Å². The van der Waals surface area contributed by atoms with Gasteiger partial charge in [-0.15, -0.1) is 0 Å². The van der Waals surface area contributed by atoms with Gasteiger partial charge in [-0.25, -0.2) is 0 Å². The zero-order valence-corrected chi connectivity index (χ0v) is 11.9. The van der Waals surface area contributed by atoms with Crippen LogP contribution in [0.5, 0.6) is 0 Å². The van der Waals surface area contributed by atoms with Crippen LogP contribution >= 0.6 is 11.8 Å². The Kier molecular flexibility index (Phi) is 4.86. The zero-order chi connectivity index (χ0) is 13.1. The lowest BCUT2D eigenvalue weighted by atomic mass is 9.86. The summed E-state index contributed by atoms with van der Waals surface area (Å²) < 4.78 is 0. The van der Waals surface area contributed by atoms with Gasteiger partial charge >= 0.3 is 0 Å². The Labute approximate surface area is 108 Å². The SMILES string of the molecule is CSCCN1CCC(=O)NC(C(C)(C)C)C1=O. The molecule has 1 fully saturated rings. The van der Waals surface area contributed by atoms with Crippen LogP contribution in [0.15, 0.2) is 0 Å². The van der Waals surface area contributed by atoms with Gasteiger partial charge in [0.15, 0.2) is 0 Å². The Morgan fingerprint density at radius 2 is 2.06 bits per heavy atom. The number of rotatable bonds is 3. The minimum atomic E-state index is -0.403. The van der Waals surface area contributed by atoms with Crippen LogP contribution in [0.25, 0.3) is 0 Å². The van der Waals surface area contributed by atoms with E-state index in [4.69, 9.17) is 0 Å². The quantitative estimate of drug-likeness (QED) is 0.825. The van der Waals surface area contributed by atoms with E-state index in [2.05, 4.69) is 5.32 Å². The highest BCUT2D eigenvalue weighted by Gasteiger charge is 2.37. The van der Waals surface area contributed by atoms with Gasteiger partial charge in [-0.3, -0.25) is 9.59 Å². The van der Waals surface area contributed by atoms with E-state index >= 15 is 0 Å². The maximum absolute atomic E-state index is 12.3. The predicted octanol–water partition coefficient (Wildman–Crippen LogP) is 1.11. The smallest absolute Gasteiger partial charge is 0.245 e. The van der Waals surface area contributed by atoms with Crippen molar-refractivity contribution >= 4 is 23.6 Å². The number of carbonyl (C=O) groups excluding carboxylic acids is 2. The number of thioether (sulfide) groups is 1. The molecule has 98 valence electrons. The second-order valence-electron chi connectivity index (χ2n) is 5.43. The van der Waals surface area contributed by atoms with Gasteiger partial charge in [0.05, 0.1) is 0 Å². The molecule has 5 heteroatoms. The van der Waals surface area contributed by atoms with Crippen molar-refractivity contribution < 1.29 is 9.59 Å². The summed E-state index contributed by atoms with van der Waals surface area (Å²) in [6.45, 7) is 7.20. The molecule has 4 nitrogen and oxygen atoms in total. The number of hydrogen-bond donors (Lipinski definition) is 1. The van der Waals surface area contributed by atoms with Crippen LogP contribution in [0.3, 0.4) is 0 Å². The van der Waals surface area contributed by atoms with E-state index in [0.717, 1.165) is 12.3 Å². The summed E-state index contributed by atoms with van der Waals surface area (Å²) in [4.78, 5) is 25.8. The molecule has 1 unspecified atom stereocenters. The third-order valence-corrected chi connectivity index (χ3v) is 3.49. The highest BCUT2D eigenvalue weighted by Crippen LogP contribution is 2.23. The average molecular weight is 258 g/mol. The molecule has 1 rings (SSSR count). The van der Waals surface area contributed by atoms with Gasteiger partial charge in [-0.2, -0.15) is 11.8 Å². The molecule has 1 aliphatic rings. The first-order valence-electron chi connectivity index (χ1n) is 5.93. The minimum Gasteiger partial charge on any atom is -0.344 e. The van der Waals surface area contributed by atoms with Gasteiger partial charge in [-0.1, -0.05) is 20.8 Å². The topological polar surface area (TPSA) is 49.4 Å². The van der Waals surface area contributed by atoms with E-state index in [9.17, 15) is 9.59 Å². The van der Waals surface area contributed by atoms with Gasteiger partial charge in [0.1, 0.15) is 6.04 Å². The third-order valence-electron chi connectivity index (χ3n) is 2.90. The van der Waals surface area contributed by atoms with Gasteiger partial charge in [0.2, 0.25) is 11.8 Å². The van der Waals surface area contributed by atoms with Crippen molar-refractivity contribution in [2.24, 2.45) is 5.41 Å². The number of nitrogens with zero attached hydrogens (tertiary/aromatic N) is 1. The highest BCUT2D eigenvalue weighted by atomic mass is 32.2. The van der Waals surface area contributed by atoms with Crippen molar-refractivity contribution in [3.63, 3.8) is 0 Å². The van der Waals surface area contributed by atoms with E-state index in [0.29, 0.717) is 13.0 Å². The maximum atomic E-state index is 12.3. The molecule has 0 aliphatic carbocycles. The van der Waals surface area contributed by atoms with Crippen LogP contribution in [0.2, 0.25) is 0 Å². The second kappa shape index (κ2) is 5.76. The lowest BCUT2D eigenvalue weighted by Crippen LogP contribution is -2.52. The average Bonchev–Trinajstić information content (AvgIpc) is 2.36. The lowest BCUT2D eigenvalue weighted by Gasteiger charge is -2.32. The molecule has 1 saturated heterocycles. The Hall–Kier alpha value is -0.710. The van der Waals surface area contributed by atoms with Crippen molar-refractivity contribution in [3.05, 3.63) is 0 Å². The molecule has 0 radical (unpaired) electrons. The van der Waals surface area contributed by atoms with E-state index < -0.39 is 6.04 Å². The molecule has 17 heavy (non-hydrogen) atoms. The Bertz CT molecular complexity index is 299. The Morgan fingerprint density at radius 1 is 1.41 bits per heavy atom. The molecule has 1 heterocycles. The summed E-state index contributed by atoms with van der Waals surface area (Å²) in [5.41, 5.74) is -0.241. The van der Waals surface area contributed by atoms with Crippen LogP contribution < -0.4 is 5.32 Å². The molecular formula is C12H22N2O2S. The lowest BCUT2D eigenvalue weighted by molar-refractivity contribution is -0.136. The second-order valence-corrected chi connectivity index (χ2v) is 6.42. The largest absolute Gasteiger partial charge is 0.344 e. The summed E-state index contributed by atoms with van der Waals surface area (Å²) in [5, 5.41) is 2.84. The molecule has 1 aliphatic heterocycles. The molecule has 0 aromatic heterocycles. The maximum Gasteiger partial charge on any atom is 0.245 e. The molecule has 2 amide bonds. The van der Waals surface area contributed by atoms with E-state index in [-0.39, 0.29) is 17.2 Å². The normalized spacial score (nSPS) is 22.4. The summed E-state index contributed by atoms with van der Waals surface area (Å²) >= 11 is 1.71. The van der Waals surface area contributed by atoms with Crippen molar-refractivity contribution in [1.29, 1.82) is 0 Å². The summed E-state index contributed by atoms with van der Waals surface area (Å²) in [5.74, 6) is 0.943. The predicted molar refractivity (Wildman–Crippen MR) is 71.0 cm³/mol. The molecule has 0 aromatic carbocycles. The van der Waals surface area contributed by atoms with Gasteiger partial charge < -0.3 is 10.2 Å². The fourth-order valence-corrected chi connectivity index (χ4v) is 2.24. The zero-order valence-electron chi connectivity index (χ0n) is 11.1. The first-order valence-corrected chi connectivity index (χ1v) is 7.32. The van der Waals surface area contributed by atoms with Crippen molar-refractivity contribution in [2.75, 3.05) is 25.1 Å². The first-order chi connectivity index (χ1) is 7.86. The molecule has 1 atom stereocenters. The minimum absolute atomic E-state index is 0.0232. The summed E-state index contributed by atoms with van der Waals surface area (Å²) in [6.07, 6.45) is 2.43. The van der Waals surface area contributed by atoms with Crippen LogP contribution in [-0.4, -0.2) is 47.9 Å². The summed E-state index contributed by atoms with van der Waals surface area (Å²) in [6, 6.07) is -0.403. The monoisotopic (exact) mass is 258 g/mol. The van der Waals surface area contributed by atoms with Crippen molar-refractivity contribution in [1.82, 2.24) is 10.2 Å². The number of amides is 2. The van der Waals surface area contributed by atoms with Crippen LogP contribution in [0.4, 0.5) is 0 Å². The third kappa shape index (κ3) is 3.91. The fourth-order valence-electron chi connectivity index (χ4n) is 1.83. The fraction of sp³-hybridized carbons (Fsp3) is 0.833. The molecule has 0 aromatic rings. The summed E-state index contributed by atoms with van der Waals surface area (Å²) in [7, 11) is 0. The standard InChI is InChI=1S/C12H22N2O2S/c1-12(2,3)10-11(16)14(7-8-17-4)6-5-9(15)13-10/h10H,5-8H2,1-4H3,(H,13,15). The number of hydrogen-bond acceptors (Lipinski definition) is 3. The van der Waals surface area contributed by atoms with E-state index in [1.54, 1.807) is 11.8 Å². The van der Waals surface area contributed by atoms with E-state index in [1.807, 2.05) is 31.9 Å². The van der Waals surface area contributed by atoms with Gasteiger partial charge in [0, 0.05) is 25.3 Å². The van der Waals surface area contributed by atoms with Gasteiger partial charge in [0.25, 0.3) is 0 Å². The number of nitrogens with one attached hydrogen (secondary N) is 1. The van der Waals surface area contributed by atoms with E-state index in [1.165, 1.54) is 0 Å². The van der Waals surface area contributed by atoms with Crippen LogP contribution in [-0.2, 0) is 9.59 Å². The van der Waals surface area contributed by atoms with Gasteiger partial charge in [-0.05, 0) is 11.7 Å². The molecular weight excluding hydrogens is 236 g/mol. The van der Waals surface area contributed by atoms with Crippen LogP contribution in [0.1, 0.15) is 27.2 Å². The Morgan fingerprint density at radius 3 is 2.59 bits per heavy atom.